The normalized spacial score (nSPS) is 16.9. The fraction of sp³-hybridized carbons (Fsp3) is 0.438. The molecule has 2 aromatic rings. The summed E-state index contributed by atoms with van der Waals surface area (Å²) in [5, 5.41) is 4.95. The van der Waals surface area contributed by atoms with Gasteiger partial charge in [-0.2, -0.15) is 4.98 Å². The number of anilines is 1. The summed E-state index contributed by atoms with van der Waals surface area (Å²) < 4.78 is 5.88. The van der Waals surface area contributed by atoms with Gasteiger partial charge < -0.3 is 19.9 Å². The molecule has 1 unspecified atom stereocenters. The van der Waals surface area contributed by atoms with E-state index in [1.54, 1.807) is 28.6 Å². The molecule has 1 N–H and O–H groups in total. The summed E-state index contributed by atoms with van der Waals surface area (Å²) in [5.41, 5.74) is 0. The average molecular weight is 347 g/mol. The lowest BCUT2D eigenvalue weighted by Crippen LogP contribution is -2.39. The minimum atomic E-state index is -0.0531. The molecule has 2 aromatic heterocycles. The first-order valence-corrected chi connectivity index (χ1v) is 8.71. The van der Waals surface area contributed by atoms with Crippen LogP contribution < -0.4 is 15.0 Å². The van der Waals surface area contributed by atoms with E-state index in [-0.39, 0.29) is 12.1 Å². The summed E-state index contributed by atoms with van der Waals surface area (Å²) in [6.45, 7) is 1.81. The third-order valence-electron chi connectivity index (χ3n) is 3.77. The van der Waals surface area contributed by atoms with Crippen molar-refractivity contribution in [3.8, 4) is 5.88 Å². The number of aromatic nitrogens is 2. The Hall–Kier alpha value is -2.35. The van der Waals surface area contributed by atoms with Crippen molar-refractivity contribution in [1.82, 2.24) is 20.2 Å². The van der Waals surface area contributed by atoms with Crippen molar-refractivity contribution >= 4 is 23.2 Å². The Morgan fingerprint density at radius 2 is 2.38 bits per heavy atom. The third kappa shape index (κ3) is 4.14. The molecule has 3 rings (SSSR count). The first kappa shape index (κ1) is 16.5. The molecule has 0 spiro atoms. The standard InChI is InChI=1S/C16H21N5O2S/c1-20(2)14-9-17-10-15(19-14)23-12-5-6-21(11-12)16(22)18-8-13-4-3-7-24-13/h3-4,7,9-10,12H,5-6,8,11H2,1-2H3,(H,18,22). The number of rotatable bonds is 5. The zero-order valence-electron chi connectivity index (χ0n) is 13.8. The van der Waals surface area contributed by atoms with E-state index in [9.17, 15) is 4.79 Å². The number of urea groups is 1. The number of nitrogens with zero attached hydrogens (tertiary/aromatic N) is 4. The van der Waals surface area contributed by atoms with Crippen LogP contribution in [0.15, 0.2) is 29.9 Å². The number of ether oxygens (including phenoxy) is 1. The van der Waals surface area contributed by atoms with Gasteiger partial charge in [-0.3, -0.25) is 4.98 Å². The molecule has 1 aliphatic rings. The van der Waals surface area contributed by atoms with Gasteiger partial charge in [-0.05, 0) is 11.4 Å². The lowest BCUT2D eigenvalue weighted by atomic mass is 10.3. The monoisotopic (exact) mass is 347 g/mol. The first-order valence-electron chi connectivity index (χ1n) is 7.83. The third-order valence-corrected chi connectivity index (χ3v) is 4.65. The van der Waals surface area contributed by atoms with E-state index >= 15 is 0 Å². The maximum atomic E-state index is 12.2. The lowest BCUT2D eigenvalue weighted by molar-refractivity contribution is 0.182. The second-order valence-electron chi connectivity index (χ2n) is 5.82. The summed E-state index contributed by atoms with van der Waals surface area (Å²) in [5.74, 6) is 1.24. The number of hydrogen-bond acceptors (Lipinski definition) is 6. The lowest BCUT2D eigenvalue weighted by Gasteiger charge is -2.18. The highest BCUT2D eigenvalue weighted by Crippen LogP contribution is 2.18. The van der Waals surface area contributed by atoms with Gasteiger partial charge in [0.25, 0.3) is 0 Å². The minimum absolute atomic E-state index is 0.0517. The van der Waals surface area contributed by atoms with Crippen molar-refractivity contribution < 1.29 is 9.53 Å². The summed E-state index contributed by atoms with van der Waals surface area (Å²) >= 11 is 1.64. The molecule has 24 heavy (non-hydrogen) atoms. The molecule has 7 nitrogen and oxygen atoms in total. The molecule has 1 saturated heterocycles. The summed E-state index contributed by atoms with van der Waals surface area (Å²) in [6.07, 6.45) is 4.03. The quantitative estimate of drug-likeness (QED) is 0.895. The number of carbonyl (C=O) groups is 1. The van der Waals surface area contributed by atoms with Crippen molar-refractivity contribution in [2.45, 2.75) is 19.1 Å². The molecule has 0 saturated carbocycles. The Kier molecular flexibility index (Phi) is 5.14. The second-order valence-corrected chi connectivity index (χ2v) is 6.85. The van der Waals surface area contributed by atoms with Gasteiger partial charge in [0.05, 0.1) is 25.5 Å². The Morgan fingerprint density at radius 3 is 3.12 bits per heavy atom. The van der Waals surface area contributed by atoms with Crippen LogP contribution in [0.3, 0.4) is 0 Å². The van der Waals surface area contributed by atoms with E-state index < -0.39 is 0 Å². The van der Waals surface area contributed by atoms with Crippen LogP contribution in [0.5, 0.6) is 5.88 Å². The van der Waals surface area contributed by atoms with Crippen molar-refractivity contribution in [2.24, 2.45) is 0 Å². The molecule has 128 valence electrons. The molecular formula is C16H21N5O2S. The molecule has 0 radical (unpaired) electrons. The van der Waals surface area contributed by atoms with Crippen molar-refractivity contribution in [3.63, 3.8) is 0 Å². The van der Waals surface area contributed by atoms with Crippen molar-refractivity contribution in [2.75, 3.05) is 32.1 Å². The minimum Gasteiger partial charge on any atom is -0.471 e. The Bertz CT molecular complexity index is 677. The van der Waals surface area contributed by atoms with Crippen LogP contribution in [-0.2, 0) is 6.54 Å². The second kappa shape index (κ2) is 7.48. The van der Waals surface area contributed by atoms with Crippen LogP contribution >= 0.6 is 11.3 Å². The van der Waals surface area contributed by atoms with Crippen molar-refractivity contribution in [3.05, 3.63) is 34.8 Å². The van der Waals surface area contributed by atoms with E-state index in [1.807, 2.05) is 36.5 Å². The number of nitrogens with one attached hydrogen (secondary N) is 1. The highest BCUT2D eigenvalue weighted by Gasteiger charge is 2.28. The molecule has 2 amide bonds. The van der Waals surface area contributed by atoms with Crippen LogP contribution in [0.2, 0.25) is 0 Å². The van der Waals surface area contributed by atoms with Gasteiger partial charge in [-0.1, -0.05) is 6.07 Å². The van der Waals surface area contributed by atoms with Gasteiger partial charge in [0.1, 0.15) is 6.10 Å². The Morgan fingerprint density at radius 1 is 1.50 bits per heavy atom. The average Bonchev–Trinajstić information content (AvgIpc) is 3.24. The fourth-order valence-corrected chi connectivity index (χ4v) is 3.12. The maximum Gasteiger partial charge on any atom is 0.317 e. The predicted octanol–water partition coefficient (Wildman–Crippen LogP) is 1.97. The maximum absolute atomic E-state index is 12.2. The molecule has 0 aliphatic carbocycles. The Balaban J connectivity index is 1.50. The zero-order valence-corrected chi connectivity index (χ0v) is 14.6. The molecular weight excluding hydrogens is 326 g/mol. The predicted molar refractivity (Wildman–Crippen MR) is 93.5 cm³/mol. The van der Waals surface area contributed by atoms with E-state index in [0.717, 1.165) is 17.1 Å². The van der Waals surface area contributed by atoms with E-state index in [2.05, 4.69) is 15.3 Å². The highest BCUT2D eigenvalue weighted by atomic mass is 32.1. The van der Waals surface area contributed by atoms with Gasteiger partial charge in [0.15, 0.2) is 5.82 Å². The molecule has 1 fully saturated rings. The molecule has 3 heterocycles. The molecule has 8 heteroatoms. The summed E-state index contributed by atoms with van der Waals surface area (Å²) in [4.78, 5) is 25.5. The van der Waals surface area contributed by atoms with Crippen molar-refractivity contribution in [1.29, 1.82) is 0 Å². The van der Waals surface area contributed by atoms with Gasteiger partial charge >= 0.3 is 6.03 Å². The fourth-order valence-electron chi connectivity index (χ4n) is 2.48. The summed E-state index contributed by atoms with van der Waals surface area (Å²) in [6, 6.07) is 3.94. The number of hydrogen-bond donors (Lipinski definition) is 1. The van der Waals surface area contributed by atoms with E-state index in [4.69, 9.17) is 4.74 Å². The number of amides is 2. The van der Waals surface area contributed by atoms with Crippen LogP contribution in [0.25, 0.3) is 0 Å². The van der Waals surface area contributed by atoms with Gasteiger partial charge in [0.2, 0.25) is 5.88 Å². The van der Waals surface area contributed by atoms with E-state index in [0.29, 0.717) is 25.5 Å². The summed E-state index contributed by atoms with van der Waals surface area (Å²) in [7, 11) is 3.81. The van der Waals surface area contributed by atoms with Crippen LogP contribution in [-0.4, -0.2) is 54.2 Å². The molecule has 1 atom stereocenters. The van der Waals surface area contributed by atoms with Gasteiger partial charge in [-0.25, -0.2) is 4.79 Å². The largest absolute Gasteiger partial charge is 0.471 e. The van der Waals surface area contributed by atoms with E-state index in [1.165, 1.54) is 0 Å². The molecule has 1 aliphatic heterocycles. The first-order chi connectivity index (χ1) is 11.6. The molecule has 0 bridgehead atoms. The Labute approximate surface area is 145 Å². The number of likely N-dealkylation sites (tertiary alicyclic amines) is 1. The smallest absolute Gasteiger partial charge is 0.317 e. The molecule has 0 aromatic carbocycles. The van der Waals surface area contributed by atoms with Crippen LogP contribution in [0.1, 0.15) is 11.3 Å². The van der Waals surface area contributed by atoms with Gasteiger partial charge in [-0.15, -0.1) is 11.3 Å². The van der Waals surface area contributed by atoms with Gasteiger partial charge in [0, 0.05) is 31.9 Å². The highest BCUT2D eigenvalue weighted by molar-refractivity contribution is 7.09. The SMILES string of the molecule is CN(C)c1cncc(OC2CCN(C(=O)NCc3cccs3)C2)n1. The number of carbonyl (C=O) groups excluding carboxylic acids is 1. The van der Waals surface area contributed by atoms with Crippen LogP contribution in [0, 0.1) is 0 Å². The van der Waals surface area contributed by atoms with Crippen LogP contribution in [0.4, 0.5) is 10.6 Å². The zero-order chi connectivity index (χ0) is 16.9. The number of thiophene rings is 1. The topological polar surface area (TPSA) is 70.6 Å².